The Morgan fingerprint density at radius 2 is 2.00 bits per heavy atom. The number of unbranched alkanes of at least 4 members (excludes halogenated alkanes) is 1. The first-order chi connectivity index (χ1) is 10.0. The van der Waals surface area contributed by atoms with Crippen LogP contribution in [0.3, 0.4) is 0 Å². The van der Waals surface area contributed by atoms with Crippen molar-refractivity contribution in [3.05, 3.63) is 42.5 Å². The number of hydrogen-bond acceptors (Lipinski definition) is 3. The highest BCUT2D eigenvalue weighted by Gasteiger charge is 2.21. The maximum Gasteiger partial charge on any atom is 0.242 e. The van der Waals surface area contributed by atoms with Crippen LogP contribution >= 0.6 is 0 Å². The standard InChI is InChI=1S/C16H24N2O2S/c1-3-4-5-12-18(2)21(19,20)16-10-6-14(7-11-16)13-17-15-8-9-15/h3,6-7,10-11,15,17H,1,4-5,8-9,12-13H2,2H3. The number of hydrogen-bond donors (Lipinski definition) is 1. The molecule has 1 aliphatic rings. The molecule has 0 amide bonds. The molecule has 1 fully saturated rings. The molecule has 21 heavy (non-hydrogen) atoms. The highest BCUT2D eigenvalue weighted by molar-refractivity contribution is 7.89. The van der Waals surface area contributed by atoms with E-state index in [1.54, 1.807) is 19.2 Å². The summed E-state index contributed by atoms with van der Waals surface area (Å²) >= 11 is 0. The second-order valence-electron chi connectivity index (χ2n) is 5.56. The maximum atomic E-state index is 12.4. The van der Waals surface area contributed by atoms with Gasteiger partial charge >= 0.3 is 0 Å². The number of allylic oxidation sites excluding steroid dienone is 1. The molecule has 1 N–H and O–H groups in total. The fourth-order valence-electron chi connectivity index (χ4n) is 2.09. The normalized spacial score (nSPS) is 15.3. The van der Waals surface area contributed by atoms with Crippen LogP contribution in [0.5, 0.6) is 0 Å². The Hall–Kier alpha value is -1.17. The number of nitrogens with zero attached hydrogens (tertiary/aromatic N) is 1. The van der Waals surface area contributed by atoms with E-state index in [2.05, 4.69) is 11.9 Å². The van der Waals surface area contributed by atoms with Crippen LogP contribution < -0.4 is 5.32 Å². The van der Waals surface area contributed by atoms with Crippen molar-refractivity contribution in [3.63, 3.8) is 0 Å². The molecule has 0 heterocycles. The lowest BCUT2D eigenvalue weighted by Crippen LogP contribution is -2.28. The topological polar surface area (TPSA) is 49.4 Å². The van der Waals surface area contributed by atoms with Gasteiger partial charge in [0.1, 0.15) is 0 Å². The predicted octanol–water partition coefficient (Wildman–Crippen LogP) is 2.53. The van der Waals surface area contributed by atoms with Crippen LogP contribution in [0.2, 0.25) is 0 Å². The molecule has 1 aliphatic carbocycles. The average molecular weight is 308 g/mol. The molecule has 0 bridgehead atoms. The summed E-state index contributed by atoms with van der Waals surface area (Å²) in [7, 11) is -1.75. The molecule has 0 unspecified atom stereocenters. The minimum atomic E-state index is -3.38. The van der Waals surface area contributed by atoms with Crippen molar-refractivity contribution < 1.29 is 8.42 Å². The van der Waals surface area contributed by atoms with Gasteiger partial charge < -0.3 is 5.32 Å². The zero-order valence-corrected chi connectivity index (χ0v) is 13.4. The molecule has 0 aliphatic heterocycles. The lowest BCUT2D eigenvalue weighted by Gasteiger charge is -2.17. The number of sulfonamides is 1. The third-order valence-electron chi connectivity index (χ3n) is 3.68. The average Bonchev–Trinajstić information content (AvgIpc) is 3.30. The monoisotopic (exact) mass is 308 g/mol. The van der Waals surface area contributed by atoms with Crippen molar-refractivity contribution in [3.8, 4) is 0 Å². The summed E-state index contributed by atoms with van der Waals surface area (Å²) in [6.07, 6.45) is 5.93. The Labute approximate surface area is 127 Å². The van der Waals surface area contributed by atoms with Crippen molar-refractivity contribution in [2.45, 2.75) is 43.2 Å². The lowest BCUT2D eigenvalue weighted by atomic mass is 10.2. The van der Waals surface area contributed by atoms with Gasteiger partial charge in [-0.2, -0.15) is 0 Å². The van der Waals surface area contributed by atoms with Gasteiger partial charge in [0.05, 0.1) is 4.90 Å². The van der Waals surface area contributed by atoms with Crippen LogP contribution in [0.4, 0.5) is 0 Å². The van der Waals surface area contributed by atoms with Crippen LogP contribution in [-0.4, -0.2) is 32.4 Å². The molecule has 0 saturated heterocycles. The van der Waals surface area contributed by atoms with Gasteiger partial charge in [-0.25, -0.2) is 12.7 Å². The minimum absolute atomic E-state index is 0.360. The van der Waals surface area contributed by atoms with Gasteiger partial charge in [0.15, 0.2) is 0 Å². The molecule has 116 valence electrons. The predicted molar refractivity (Wildman–Crippen MR) is 85.6 cm³/mol. The van der Waals surface area contributed by atoms with E-state index >= 15 is 0 Å². The zero-order chi connectivity index (χ0) is 15.3. The van der Waals surface area contributed by atoms with Gasteiger partial charge in [-0.05, 0) is 43.4 Å². The molecule has 1 aromatic carbocycles. The van der Waals surface area contributed by atoms with Crippen LogP contribution in [-0.2, 0) is 16.6 Å². The summed E-state index contributed by atoms with van der Waals surface area (Å²) in [5.74, 6) is 0. The first-order valence-corrected chi connectivity index (χ1v) is 8.87. The van der Waals surface area contributed by atoms with Crippen LogP contribution in [0.1, 0.15) is 31.2 Å². The summed E-state index contributed by atoms with van der Waals surface area (Å²) in [6.45, 7) is 4.97. The molecule has 2 rings (SSSR count). The largest absolute Gasteiger partial charge is 0.310 e. The van der Waals surface area contributed by atoms with E-state index < -0.39 is 10.0 Å². The van der Waals surface area contributed by atoms with E-state index in [1.807, 2.05) is 18.2 Å². The molecular weight excluding hydrogens is 284 g/mol. The molecular formula is C16H24N2O2S. The minimum Gasteiger partial charge on any atom is -0.310 e. The molecule has 0 spiro atoms. The molecule has 0 atom stereocenters. The third kappa shape index (κ3) is 4.66. The van der Waals surface area contributed by atoms with E-state index in [-0.39, 0.29) is 0 Å². The summed E-state index contributed by atoms with van der Waals surface area (Å²) in [4.78, 5) is 0.360. The van der Waals surface area contributed by atoms with Crippen LogP contribution in [0, 0.1) is 0 Å². The highest BCUT2D eigenvalue weighted by atomic mass is 32.2. The Balaban J connectivity index is 1.96. The van der Waals surface area contributed by atoms with Gasteiger partial charge in [0, 0.05) is 26.2 Å². The molecule has 1 aromatic rings. The van der Waals surface area contributed by atoms with Gasteiger partial charge in [-0.1, -0.05) is 18.2 Å². The summed E-state index contributed by atoms with van der Waals surface area (Å²) in [5.41, 5.74) is 1.12. The number of benzene rings is 1. The fraction of sp³-hybridized carbons (Fsp3) is 0.500. The van der Waals surface area contributed by atoms with Crippen LogP contribution in [0.25, 0.3) is 0 Å². The molecule has 0 aromatic heterocycles. The van der Waals surface area contributed by atoms with Gasteiger partial charge in [0.25, 0.3) is 0 Å². The number of rotatable bonds is 9. The summed E-state index contributed by atoms with van der Waals surface area (Å²) in [6, 6.07) is 7.83. The first kappa shape index (κ1) is 16.2. The smallest absolute Gasteiger partial charge is 0.242 e. The molecule has 0 radical (unpaired) electrons. The van der Waals surface area contributed by atoms with Crippen molar-refractivity contribution >= 4 is 10.0 Å². The highest BCUT2D eigenvalue weighted by Crippen LogP contribution is 2.20. The maximum absolute atomic E-state index is 12.4. The zero-order valence-electron chi connectivity index (χ0n) is 12.6. The number of nitrogens with one attached hydrogen (secondary N) is 1. The SMILES string of the molecule is C=CCCCN(C)S(=O)(=O)c1ccc(CNC2CC2)cc1. The molecule has 4 nitrogen and oxygen atoms in total. The van der Waals surface area contributed by atoms with Crippen molar-refractivity contribution in [2.75, 3.05) is 13.6 Å². The fourth-order valence-corrected chi connectivity index (χ4v) is 3.30. The Bertz CT molecular complexity index is 562. The van der Waals surface area contributed by atoms with Crippen molar-refractivity contribution in [1.29, 1.82) is 0 Å². The first-order valence-electron chi connectivity index (χ1n) is 7.43. The second-order valence-corrected chi connectivity index (χ2v) is 7.60. The quantitative estimate of drug-likeness (QED) is 0.563. The summed E-state index contributed by atoms with van der Waals surface area (Å²) in [5, 5.41) is 3.42. The van der Waals surface area contributed by atoms with E-state index in [1.165, 1.54) is 17.1 Å². The Morgan fingerprint density at radius 3 is 2.57 bits per heavy atom. The molecule has 1 saturated carbocycles. The van der Waals surface area contributed by atoms with Gasteiger partial charge in [0.2, 0.25) is 10.0 Å². The Kier molecular flexibility index (Phi) is 5.56. The van der Waals surface area contributed by atoms with Crippen molar-refractivity contribution in [2.24, 2.45) is 0 Å². The van der Waals surface area contributed by atoms with Gasteiger partial charge in [-0.3, -0.25) is 0 Å². The summed E-state index contributed by atoms with van der Waals surface area (Å²) < 4.78 is 26.2. The van der Waals surface area contributed by atoms with E-state index in [0.29, 0.717) is 17.5 Å². The Morgan fingerprint density at radius 1 is 1.33 bits per heavy atom. The van der Waals surface area contributed by atoms with Gasteiger partial charge in [-0.15, -0.1) is 6.58 Å². The molecule has 5 heteroatoms. The van der Waals surface area contributed by atoms with Crippen LogP contribution in [0.15, 0.2) is 41.8 Å². The van der Waals surface area contributed by atoms with E-state index in [9.17, 15) is 8.42 Å². The second kappa shape index (κ2) is 7.20. The third-order valence-corrected chi connectivity index (χ3v) is 5.56. The van der Waals surface area contributed by atoms with Crippen molar-refractivity contribution in [1.82, 2.24) is 9.62 Å². The lowest BCUT2D eigenvalue weighted by molar-refractivity contribution is 0.463. The van der Waals surface area contributed by atoms with E-state index in [4.69, 9.17) is 0 Å². The van der Waals surface area contributed by atoms with E-state index in [0.717, 1.165) is 24.9 Å².